The first-order valence-electron chi connectivity index (χ1n) is 7.32. The minimum absolute atomic E-state index is 0.183. The summed E-state index contributed by atoms with van der Waals surface area (Å²) in [6.07, 6.45) is -1.92. The average Bonchev–Trinajstić information content (AvgIpc) is 2.61. The Kier molecular flexibility index (Phi) is 5.90. The molecule has 0 radical (unpaired) electrons. The molecule has 0 aliphatic carbocycles. The minimum atomic E-state index is -3.61. The second-order valence-corrected chi connectivity index (χ2v) is 7.44. The smallest absolute Gasteiger partial charge is 0.307 e. The standard InChI is InChI=1S/C17H18NO5P/c18-17(15(19)11-12-16(20)21)23-24(22,13-7-3-1-4-8-13)14-9-5-2-6-10-14/h1-10,15,18-19H,11-12H2,(H,20,21). The number of hydrogen-bond donors (Lipinski definition) is 3. The number of carboxylic acid groups (broad SMARTS) is 1. The normalized spacial score (nSPS) is 12.4. The third-order valence-electron chi connectivity index (χ3n) is 3.35. The Morgan fingerprint density at radius 2 is 1.50 bits per heavy atom. The average molecular weight is 347 g/mol. The lowest BCUT2D eigenvalue weighted by Gasteiger charge is -2.22. The van der Waals surface area contributed by atoms with Gasteiger partial charge in [-0.1, -0.05) is 36.4 Å². The first-order chi connectivity index (χ1) is 11.4. The van der Waals surface area contributed by atoms with Crippen LogP contribution in [0.15, 0.2) is 60.7 Å². The maximum atomic E-state index is 13.5. The Labute approximate surface area is 139 Å². The predicted octanol–water partition coefficient (Wildman–Crippen LogP) is 2.14. The van der Waals surface area contributed by atoms with Gasteiger partial charge in [-0.25, -0.2) is 0 Å². The molecule has 7 heteroatoms. The van der Waals surface area contributed by atoms with E-state index in [1.54, 1.807) is 60.7 Å². The highest BCUT2D eigenvalue weighted by Gasteiger charge is 2.32. The summed E-state index contributed by atoms with van der Waals surface area (Å²) in [4.78, 5) is 10.6. The second-order valence-electron chi connectivity index (χ2n) is 5.13. The molecule has 0 bridgehead atoms. The Balaban J connectivity index is 2.30. The van der Waals surface area contributed by atoms with Crippen molar-refractivity contribution in [3.8, 4) is 0 Å². The zero-order valence-electron chi connectivity index (χ0n) is 12.8. The maximum absolute atomic E-state index is 13.5. The lowest BCUT2D eigenvalue weighted by molar-refractivity contribution is -0.137. The van der Waals surface area contributed by atoms with Gasteiger partial charge in [0.15, 0.2) is 0 Å². The number of aliphatic carboxylic acids is 1. The van der Waals surface area contributed by atoms with Crippen molar-refractivity contribution in [2.45, 2.75) is 18.9 Å². The van der Waals surface area contributed by atoms with Crippen LogP contribution in [0, 0.1) is 5.41 Å². The lowest BCUT2D eigenvalue weighted by Crippen LogP contribution is -2.27. The topological polar surface area (TPSA) is 108 Å². The van der Waals surface area contributed by atoms with Crippen LogP contribution in [0.2, 0.25) is 0 Å². The van der Waals surface area contributed by atoms with Gasteiger partial charge in [-0.2, -0.15) is 0 Å². The highest BCUT2D eigenvalue weighted by atomic mass is 31.2. The maximum Gasteiger partial charge on any atom is 0.307 e. The number of carbonyl (C=O) groups is 1. The van der Waals surface area contributed by atoms with Crippen LogP contribution in [-0.2, 0) is 13.9 Å². The quantitative estimate of drug-likeness (QED) is 0.404. The van der Waals surface area contributed by atoms with Gasteiger partial charge < -0.3 is 14.7 Å². The van der Waals surface area contributed by atoms with Gasteiger partial charge in [-0.3, -0.25) is 14.8 Å². The number of aliphatic hydroxyl groups excluding tert-OH is 1. The van der Waals surface area contributed by atoms with Crippen LogP contribution in [0.4, 0.5) is 0 Å². The highest BCUT2D eigenvalue weighted by Crippen LogP contribution is 2.45. The number of nitrogens with one attached hydrogen (secondary N) is 1. The van der Waals surface area contributed by atoms with Gasteiger partial charge in [0.2, 0.25) is 5.90 Å². The fourth-order valence-corrected chi connectivity index (χ4v) is 4.13. The molecule has 3 N–H and O–H groups in total. The molecule has 24 heavy (non-hydrogen) atoms. The van der Waals surface area contributed by atoms with Crippen molar-refractivity contribution >= 4 is 29.8 Å². The number of benzene rings is 2. The van der Waals surface area contributed by atoms with Gasteiger partial charge >= 0.3 is 13.3 Å². The molecule has 126 valence electrons. The predicted molar refractivity (Wildman–Crippen MR) is 91.4 cm³/mol. The van der Waals surface area contributed by atoms with Crippen molar-refractivity contribution in [1.29, 1.82) is 5.41 Å². The number of hydrogen-bond acceptors (Lipinski definition) is 5. The number of rotatable bonds is 7. The largest absolute Gasteiger partial charge is 0.481 e. The van der Waals surface area contributed by atoms with Crippen LogP contribution in [0.25, 0.3) is 0 Å². The molecule has 0 aliphatic heterocycles. The van der Waals surface area contributed by atoms with Gasteiger partial charge in [0.25, 0.3) is 0 Å². The molecule has 0 heterocycles. The molecule has 6 nitrogen and oxygen atoms in total. The molecular weight excluding hydrogens is 329 g/mol. The molecule has 0 aliphatic rings. The first kappa shape index (κ1) is 17.9. The fourth-order valence-electron chi connectivity index (χ4n) is 2.09. The van der Waals surface area contributed by atoms with Crippen molar-refractivity contribution < 1.29 is 24.1 Å². The minimum Gasteiger partial charge on any atom is -0.481 e. The van der Waals surface area contributed by atoms with E-state index < -0.39 is 25.3 Å². The summed E-state index contributed by atoms with van der Waals surface area (Å²) in [6, 6.07) is 16.9. The zero-order chi connectivity index (χ0) is 17.6. The van der Waals surface area contributed by atoms with E-state index in [1.165, 1.54) is 0 Å². The van der Waals surface area contributed by atoms with Gasteiger partial charge in [0, 0.05) is 6.42 Å². The molecule has 0 fully saturated rings. The summed E-state index contributed by atoms with van der Waals surface area (Å²) in [5.74, 6) is -1.69. The summed E-state index contributed by atoms with van der Waals surface area (Å²) in [5, 5.41) is 27.2. The van der Waals surface area contributed by atoms with E-state index in [0.717, 1.165) is 0 Å². The Hall–Kier alpha value is -2.43. The van der Waals surface area contributed by atoms with Crippen molar-refractivity contribution in [3.63, 3.8) is 0 Å². The van der Waals surface area contributed by atoms with Crippen LogP contribution in [-0.4, -0.2) is 28.2 Å². The summed E-state index contributed by atoms with van der Waals surface area (Å²) < 4.78 is 18.9. The van der Waals surface area contributed by atoms with E-state index in [2.05, 4.69) is 0 Å². The molecule has 1 unspecified atom stereocenters. The third-order valence-corrected chi connectivity index (χ3v) is 5.76. The van der Waals surface area contributed by atoms with E-state index >= 15 is 0 Å². The van der Waals surface area contributed by atoms with Crippen LogP contribution in [0.3, 0.4) is 0 Å². The summed E-state index contributed by atoms with van der Waals surface area (Å²) in [7, 11) is -3.61. The zero-order valence-corrected chi connectivity index (χ0v) is 13.7. The number of carboxylic acids is 1. The monoisotopic (exact) mass is 347 g/mol. The van der Waals surface area contributed by atoms with E-state index in [1.807, 2.05) is 0 Å². The fraction of sp³-hybridized carbons (Fsp3) is 0.176. The van der Waals surface area contributed by atoms with Gasteiger partial charge in [-0.05, 0) is 30.7 Å². The molecule has 2 aromatic carbocycles. The Morgan fingerprint density at radius 3 is 1.92 bits per heavy atom. The van der Waals surface area contributed by atoms with E-state index in [-0.39, 0.29) is 12.8 Å². The molecule has 0 aromatic heterocycles. The lowest BCUT2D eigenvalue weighted by atomic mass is 10.2. The van der Waals surface area contributed by atoms with Crippen molar-refractivity contribution in [2.75, 3.05) is 0 Å². The summed E-state index contributed by atoms with van der Waals surface area (Å²) in [6.45, 7) is 0. The molecule has 2 aromatic rings. The highest BCUT2D eigenvalue weighted by molar-refractivity contribution is 7.74. The molecule has 0 amide bonds. The van der Waals surface area contributed by atoms with E-state index in [9.17, 15) is 14.5 Å². The molecule has 0 saturated carbocycles. The van der Waals surface area contributed by atoms with E-state index in [0.29, 0.717) is 10.6 Å². The molecule has 0 spiro atoms. The van der Waals surface area contributed by atoms with Crippen LogP contribution in [0.1, 0.15) is 12.8 Å². The van der Waals surface area contributed by atoms with Crippen molar-refractivity contribution in [1.82, 2.24) is 0 Å². The summed E-state index contributed by atoms with van der Waals surface area (Å²) in [5.41, 5.74) is 0. The van der Waals surface area contributed by atoms with E-state index in [4.69, 9.17) is 15.0 Å². The Bertz CT molecular complexity index is 705. The molecular formula is C17H18NO5P. The van der Waals surface area contributed by atoms with Crippen molar-refractivity contribution in [2.24, 2.45) is 0 Å². The molecule has 2 rings (SSSR count). The van der Waals surface area contributed by atoms with Gasteiger partial charge in [0.05, 0.1) is 10.6 Å². The van der Waals surface area contributed by atoms with Gasteiger partial charge in [0.1, 0.15) is 6.10 Å². The van der Waals surface area contributed by atoms with Crippen LogP contribution < -0.4 is 10.6 Å². The van der Waals surface area contributed by atoms with Gasteiger partial charge in [-0.15, -0.1) is 0 Å². The second kappa shape index (κ2) is 7.90. The molecule has 0 saturated heterocycles. The van der Waals surface area contributed by atoms with Crippen molar-refractivity contribution in [3.05, 3.63) is 60.7 Å². The molecule has 1 atom stereocenters. The SMILES string of the molecule is N=C(OP(=O)(c1ccccc1)c1ccccc1)C(O)CCC(=O)O. The van der Waals surface area contributed by atoms with Crippen LogP contribution in [0.5, 0.6) is 0 Å². The Morgan fingerprint density at radius 1 is 1.04 bits per heavy atom. The first-order valence-corrected chi connectivity index (χ1v) is 8.95. The number of aliphatic hydroxyl groups is 1. The summed E-state index contributed by atoms with van der Waals surface area (Å²) >= 11 is 0. The third kappa shape index (κ3) is 4.31. The van der Waals surface area contributed by atoms with Crippen LogP contribution >= 0.6 is 7.37 Å².